The van der Waals surface area contributed by atoms with Crippen molar-refractivity contribution >= 4 is 0 Å². The molecule has 1 heteroatoms. The first-order valence-corrected chi connectivity index (χ1v) is 5.11. The lowest BCUT2D eigenvalue weighted by atomic mass is 9.97. The van der Waals surface area contributed by atoms with E-state index in [1.807, 2.05) is 6.08 Å². The first-order valence-electron chi connectivity index (χ1n) is 5.11. The predicted molar refractivity (Wildman–Crippen MR) is 58.3 cm³/mol. The molecule has 1 aromatic carbocycles. The van der Waals surface area contributed by atoms with Crippen LogP contribution in [0.1, 0.15) is 41.6 Å². The van der Waals surface area contributed by atoms with Gasteiger partial charge in [0.15, 0.2) is 0 Å². The number of benzene rings is 1. The first-order chi connectivity index (χ1) is 6.72. The number of allylic oxidation sites excluding steroid dienone is 1. The maximum absolute atomic E-state index is 9.87. The summed E-state index contributed by atoms with van der Waals surface area (Å²) in [6.45, 7) is 5.82. The van der Waals surface area contributed by atoms with Crippen molar-refractivity contribution in [3.8, 4) is 0 Å². The molecule has 2 unspecified atom stereocenters. The van der Waals surface area contributed by atoms with Gasteiger partial charge >= 0.3 is 0 Å². The Bertz CT molecular complexity index is 354. The molecule has 0 fully saturated rings. The third-order valence-corrected chi connectivity index (χ3v) is 3.00. The van der Waals surface area contributed by atoms with Crippen LogP contribution in [0.15, 0.2) is 30.9 Å². The second-order valence-electron chi connectivity index (χ2n) is 4.11. The van der Waals surface area contributed by atoms with Gasteiger partial charge in [-0.2, -0.15) is 0 Å². The van der Waals surface area contributed by atoms with Crippen molar-refractivity contribution in [3.63, 3.8) is 0 Å². The maximum atomic E-state index is 9.87. The van der Waals surface area contributed by atoms with Crippen molar-refractivity contribution in [2.24, 2.45) is 0 Å². The molecule has 1 aromatic rings. The Labute approximate surface area is 85.1 Å². The van der Waals surface area contributed by atoms with Crippen LogP contribution in [0.5, 0.6) is 0 Å². The molecule has 0 bridgehead atoms. The molecular weight excluding hydrogens is 172 g/mol. The molecule has 0 aliphatic heterocycles. The van der Waals surface area contributed by atoms with Gasteiger partial charge in [0.1, 0.15) is 0 Å². The van der Waals surface area contributed by atoms with E-state index in [9.17, 15) is 5.11 Å². The average Bonchev–Trinajstić information content (AvgIpc) is 2.44. The topological polar surface area (TPSA) is 20.2 Å². The normalized spacial score (nSPS) is 24.7. The van der Waals surface area contributed by atoms with Gasteiger partial charge in [0.2, 0.25) is 0 Å². The van der Waals surface area contributed by atoms with Gasteiger partial charge in [-0.1, -0.05) is 29.8 Å². The summed E-state index contributed by atoms with van der Waals surface area (Å²) in [6, 6.07) is 6.37. The van der Waals surface area contributed by atoms with Crippen LogP contribution < -0.4 is 0 Å². The smallest absolute Gasteiger partial charge is 0.0798 e. The molecule has 0 heterocycles. The van der Waals surface area contributed by atoms with Crippen LogP contribution >= 0.6 is 0 Å². The Hall–Kier alpha value is -1.08. The van der Waals surface area contributed by atoms with Crippen molar-refractivity contribution in [1.82, 2.24) is 0 Å². The molecule has 1 N–H and O–H groups in total. The largest absolute Gasteiger partial charge is 0.388 e. The van der Waals surface area contributed by atoms with Gasteiger partial charge in [-0.05, 0) is 36.8 Å². The Morgan fingerprint density at radius 2 is 2.29 bits per heavy atom. The lowest BCUT2D eigenvalue weighted by Gasteiger charge is -2.07. The van der Waals surface area contributed by atoms with E-state index in [1.165, 1.54) is 11.1 Å². The highest BCUT2D eigenvalue weighted by molar-refractivity contribution is 5.40. The fraction of sp³-hybridized carbons (Fsp3) is 0.385. The van der Waals surface area contributed by atoms with Crippen molar-refractivity contribution < 1.29 is 5.11 Å². The van der Waals surface area contributed by atoms with Crippen molar-refractivity contribution in [2.45, 2.75) is 31.8 Å². The number of hydrogen-bond donors (Lipinski definition) is 1. The molecule has 0 amide bonds. The van der Waals surface area contributed by atoms with Gasteiger partial charge in [-0.25, -0.2) is 0 Å². The number of aliphatic hydroxyl groups is 1. The average molecular weight is 188 g/mol. The molecular formula is C13H16O. The summed E-state index contributed by atoms with van der Waals surface area (Å²) in [6.07, 6.45) is 3.49. The molecule has 1 nitrogen and oxygen atoms in total. The minimum absolute atomic E-state index is 0.269. The monoisotopic (exact) mass is 188 g/mol. The molecule has 0 saturated carbocycles. The summed E-state index contributed by atoms with van der Waals surface area (Å²) in [7, 11) is 0. The minimum Gasteiger partial charge on any atom is -0.388 e. The second-order valence-corrected chi connectivity index (χ2v) is 4.11. The van der Waals surface area contributed by atoms with E-state index in [0.29, 0.717) is 5.92 Å². The van der Waals surface area contributed by atoms with Gasteiger partial charge in [0.05, 0.1) is 6.10 Å². The van der Waals surface area contributed by atoms with Crippen LogP contribution in [0.3, 0.4) is 0 Å². The summed E-state index contributed by atoms with van der Waals surface area (Å²) < 4.78 is 0. The molecule has 14 heavy (non-hydrogen) atoms. The summed E-state index contributed by atoms with van der Waals surface area (Å²) in [5, 5.41) is 9.87. The van der Waals surface area contributed by atoms with Gasteiger partial charge in [-0.3, -0.25) is 0 Å². The van der Waals surface area contributed by atoms with Crippen LogP contribution in [0.2, 0.25) is 0 Å². The summed E-state index contributed by atoms with van der Waals surface area (Å²) in [4.78, 5) is 0. The predicted octanol–water partition coefficient (Wildman–Crippen LogP) is 3.09. The number of fused-ring (bicyclic) bond motifs is 1. The van der Waals surface area contributed by atoms with E-state index in [1.54, 1.807) is 0 Å². The first kappa shape index (κ1) is 9.47. The van der Waals surface area contributed by atoms with E-state index < -0.39 is 0 Å². The Kier molecular flexibility index (Phi) is 2.42. The standard InChI is InChI=1S/C13H16O/c1-3-4-10-8-13(14)12-7-9(2)5-6-11(10)12/h3,5-7,10,13-14H,1,4,8H2,2H3. The zero-order chi connectivity index (χ0) is 10.1. The van der Waals surface area contributed by atoms with E-state index in [2.05, 4.69) is 31.7 Å². The van der Waals surface area contributed by atoms with Crippen molar-refractivity contribution in [2.75, 3.05) is 0 Å². The number of aliphatic hydroxyl groups excluding tert-OH is 1. The third-order valence-electron chi connectivity index (χ3n) is 3.00. The quantitative estimate of drug-likeness (QED) is 0.707. The van der Waals surface area contributed by atoms with Crippen LogP contribution in [0.4, 0.5) is 0 Å². The SMILES string of the molecule is C=CCC1CC(O)c2cc(C)ccc21. The van der Waals surface area contributed by atoms with E-state index in [-0.39, 0.29) is 6.10 Å². The van der Waals surface area contributed by atoms with Crippen LogP contribution in [-0.2, 0) is 0 Å². The minimum atomic E-state index is -0.269. The van der Waals surface area contributed by atoms with Crippen LogP contribution in [-0.4, -0.2) is 5.11 Å². The lowest BCUT2D eigenvalue weighted by Crippen LogP contribution is -1.91. The Balaban J connectivity index is 2.39. The summed E-state index contributed by atoms with van der Waals surface area (Å²) in [5.74, 6) is 0.470. The van der Waals surface area contributed by atoms with Gasteiger partial charge in [-0.15, -0.1) is 6.58 Å². The number of aryl methyl sites for hydroxylation is 1. The Morgan fingerprint density at radius 3 is 3.00 bits per heavy atom. The zero-order valence-corrected chi connectivity index (χ0v) is 8.53. The van der Waals surface area contributed by atoms with Crippen molar-refractivity contribution in [3.05, 3.63) is 47.5 Å². The van der Waals surface area contributed by atoms with Gasteiger partial charge < -0.3 is 5.11 Å². The number of hydrogen-bond acceptors (Lipinski definition) is 1. The van der Waals surface area contributed by atoms with Crippen LogP contribution in [0, 0.1) is 6.92 Å². The van der Waals surface area contributed by atoms with E-state index in [0.717, 1.165) is 18.4 Å². The third kappa shape index (κ3) is 1.48. The summed E-state index contributed by atoms with van der Waals surface area (Å²) >= 11 is 0. The van der Waals surface area contributed by atoms with Gasteiger partial charge in [0.25, 0.3) is 0 Å². The fourth-order valence-electron chi connectivity index (χ4n) is 2.30. The highest BCUT2D eigenvalue weighted by atomic mass is 16.3. The molecule has 2 atom stereocenters. The fourth-order valence-corrected chi connectivity index (χ4v) is 2.30. The second kappa shape index (κ2) is 3.58. The molecule has 0 spiro atoms. The Morgan fingerprint density at radius 1 is 1.50 bits per heavy atom. The molecule has 74 valence electrons. The number of rotatable bonds is 2. The molecule has 2 rings (SSSR count). The highest BCUT2D eigenvalue weighted by Gasteiger charge is 2.28. The van der Waals surface area contributed by atoms with Gasteiger partial charge in [0, 0.05) is 0 Å². The van der Waals surface area contributed by atoms with Crippen molar-refractivity contribution in [1.29, 1.82) is 0 Å². The van der Waals surface area contributed by atoms with E-state index in [4.69, 9.17) is 0 Å². The van der Waals surface area contributed by atoms with Crippen LogP contribution in [0.25, 0.3) is 0 Å². The lowest BCUT2D eigenvalue weighted by molar-refractivity contribution is 0.173. The molecule has 0 saturated heterocycles. The summed E-state index contributed by atoms with van der Waals surface area (Å²) in [5.41, 5.74) is 3.65. The maximum Gasteiger partial charge on any atom is 0.0798 e. The molecule has 0 aromatic heterocycles. The zero-order valence-electron chi connectivity index (χ0n) is 8.53. The highest BCUT2D eigenvalue weighted by Crippen LogP contribution is 2.42. The molecule has 1 aliphatic rings. The van der Waals surface area contributed by atoms with E-state index >= 15 is 0 Å². The molecule has 0 radical (unpaired) electrons. The molecule has 1 aliphatic carbocycles.